The Morgan fingerprint density at radius 3 is 1.86 bits per heavy atom. The van der Waals surface area contributed by atoms with E-state index in [0.717, 1.165) is 22.1 Å². The Labute approximate surface area is 78.3 Å². The van der Waals surface area contributed by atoms with Gasteiger partial charge in [-0.3, -0.25) is 0 Å². The van der Waals surface area contributed by atoms with Crippen LogP contribution in [0.2, 0.25) is 0 Å². The van der Waals surface area contributed by atoms with Gasteiger partial charge in [-0.1, -0.05) is 0 Å². The molecule has 6 N–H and O–H groups in total. The van der Waals surface area contributed by atoms with E-state index in [4.69, 9.17) is 11.5 Å². The van der Waals surface area contributed by atoms with Crippen molar-refractivity contribution in [2.75, 3.05) is 11.5 Å². The zero-order valence-corrected chi connectivity index (χ0v) is 7.20. The van der Waals surface area contributed by atoms with E-state index in [2.05, 4.69) is 19.9 Å². The van der Waals surface area contributed by atoms with Gasteiger partial charge >= 0.3 is 0 Å². The van der Waals surface area contributed by atoms with E-state index in [1.165, 1.54) is 0 Å². The van der Waals surface area contributed by atoms with Crippen molar-refractivity contribution in [1.82, 2.24) is 19.9 Å². The minimum Gasteiger partial charge on any atom is -0.369 e. The minimum atomic E-state index is 0.403. The van der Waals surface area contributed by atoms with E-state index < -0.39 is 0 Å². The molecule has 0 bridgehead atoms. The summed E-state index contributed by atoms with van der Waals surface area (Å²) in [7, 11) is 0. The van der Waals surface area contributed by atoms with Crippen LogP contribution in [-0.2, 0) is 0 Å². The predicted molar refractivity (Wildman–Crippen MR) is 54.6 cm³/mol. The van der Waals surface area contributed by atoms with Crippen LogP contribution in [0.25, 0.3) is 22.1 Å². The van der Waals surface area contributed by atoms with Gasteiger partial charge in [0.05, 0.1) is 22.1 Å². The quantitative estimate of drug-likeness (QED) is 0.414. The van der Waals surface area contributed by atoms with Crippen molar-refractivity contribution >= 4 is 34.0 Å². The molecular weight excluding hydrogens is 180 g/mol. The van der Waals surface area contributed by atoms with Crippen molar-refractivity contribution in [3.05, 3.63) is 12.1 Å². The number of imidazole rings is 2. The molecular formula is C8H8N6. The molecule has 0 radical (unpaired) electrons. The molecule has 6 heteroatoms. The zero-order valence-electron chi connectivity index (χ0n) is 7.20. The lowest BCUT2D eigenvalue weighted by atomic mass is 10.3. The summed E-state index contributed by atoms with van der Waals surface area (Å²) in [6, 6.07) is 3.72. The summed E-state index contributed by atoms with van der Waals surface area (Å²) in [5, 5.41) is 0. The lowest BCUT2D eigenvalue weighted by Crippen LogP contribution is -1.84. The van der Waals surface area contributed by atoms with Gasteiger partial charge in [0, 0.05) is 0 Å². The SMILES string of the molecule is Nc1nc2cc3nc(N)[nH]c3cc2[nH]1. The number of nitrogen functional groups attached to an aromatic ring is 2. The standard InChI is InChI=1S/C8H8N6/c9-7-11-3-1-4-6(2-5(3)13-7)14-8(10)12-4/h1-2H,(H3,9,11,13)(H3,10,12,14). The number of nitrogens with two attached hydrogens (primary N) is 2. The number of hydrogen-bond acceptors (Lipinski definition) is 4. The molecule has 3 aromatic rings. The second-order valence-corrected chi connectivity index (χ2v) is 3.13. The van der Waals surface area contributed by atoms with Gasteiger partial charge in [0.1, 0.15) is 0 Å². The molecule has 0 saturated heterocycles. The first-order chi connectivity index (χ1) is 6.72. The minimum absolute atomic E-state index is 0.403. The summed E-state index contributed by atoms with van der Waals surface area (Å²) in [6.45, 7) is 0. The van der Waals surface area contributed by atoms with Crippen molar-refractivity contribution in [3.8, 4) is 0 Å². The molecule has 0 amide bonds. The van der Waals surface area contributed by atoms with E-state index in [1.54, 1.807) is 0 Å². The third-order valence-corrected chi connectivity index (χ3v) is 2.12. The van der Waals surface area contributed by atoms with E-state index in [9.17, 15) is 0 Å². The van der Waals surface area contributed by atoms with Crippen LogP contribution in [0.4, 0.5) is 11.9 Å². The van der Waals surface area contributed by atoms with Gasteiger partial charge in [-0.05, 0) is 12.1 Å². The highest BCUT2D eigenvalue weighted by atomic mass is 15.0. The van der Waals surface area contributed by atoms with Crippen molar-refractivity contribution in [2.24, 2.45) is 0 Å². The second-order valence-electron chi connectivity index (χ2n) is 3.13. The lowest BCUT2D eigenvalue weighted by Gasteiger charge is -1.87. The number of nitrogens with zero attached hydrogens (tertiary/aromatic N) is 2. The average Bonchev–Trinajstić information content (AvgIpc) is 2.59. The third-order valence-electron chi connectivity index (χ3n) is 2.12. The molecule has 70 valence electrons. The molecule has 6 nitrogen and oxygen atoms in total. The molecule has 0 aliphatic heterocycles. The highest BCUT2D eigenvalue weighted by molar-refractivity contribution is 5.92. The van der Waals surface area contributed by atoms with Gasteiger partial charge in [0.25, 0.3) is 0 Å². The molecule has 2 aromatic heterocycles. The fourth-order valence-electron chi connectivity index (χ4n) is 1.55. The molecule has 0 aliphatic carbocycles. The smallest absolute Gasteiger partial charge is 0.198 e. The summed E-state index contributed by atoms with van der Waals surface area (Å²) in [4.78, 5) is 14.1. The number of benzene rings is 1. The van der Waals surface area contributed by atoms with E-state index in [1.807, 2.05) is 12.1 Å². The molecule has 3 rings (SSSR count). The van der Waals surface area contributed by atoms with Gasteiger partial charge in [-0.15, -0.1) is 0 Å². The van der Waals surface area contributed by atoms with E-state index in [0.29, 0.717) is 11.9 Å². The number of rotatable bonds is 0. The topological polar surface area (TPSA) is 109 Å². The Kier molecular flexibility index (Phi) is 1.11. The summed E-state index contributed by atoms with van der Waals surface area (Å²) in [5.41, 5.74) is 14.4. The monoisotopic (exact) mass is 188 g/mol. The van der Waals surface area contributed by atoms with Gasteiger partial charge in [0.2, 0.25) is 0 Å². The fourth-order valence-corrected chi connectivity index (χ4v) is 1.55. The maximum absolute atomic E-state index is 5.53. The van der Waals surface area contributed by atoms with Gasteiger partial charge < -0.3 is 21.4 Å². The highest BCUT2D eigenvalue weighted by Gasteiger charge is 2.05. The third kappa shape index (κ3) is 0.846. The van der Waals surface area contributed by atoms with Crippen molar-refractivity contribution < 1.29 is 0 Å². The van der Waals surface area contributed by atoms with Crippen LogP contribution in [0.5, 0.6) is 0 Å². The fraction of sp³-hybridized carbons (Fsp3) is 0. The summed E-state index contributed by atoms with van der Waals surface area (Å²) in [5.74, 6) is 0.807. The predicted octanol–water partition coefficient (Wildman–Crippen LogP) is 0.604. The van der Waals surface area contributed by atoms with Crippen molar-refractivity contribution in [2.45, 2.75) is 0 Å². The first-order valence-corrected chi connectivity index (χ1v) is 4.13. The molecule has 0 saturated carbocycles. The van der Waals surface area contributed by atoms with E-state index in [-0.39, 0.29) is 0 Å². The Hall–Kier alpha value is -2.24. The van der Waals surface area contributed by atoms with Gasteiger partial charge in [0.15, 0.2) is 11.9 Å². The number of nitrogens with one attached hydrogen (secondary N) is 2. The molecule has 0 aliphatic rings. The molecule has 2 heterocycles. The average molecular weight is 188 g/mol. The Balaban J connectivity index is 2.49. The Morgan fingerprint density at radius 2 is 1.36 bits per heavy atom. The summed E-state index contributed by atoms with van der Waals surface area (Å²) >= 11 is 0. The van der Waals surface area contributed by atoms with Crippen LogP contribution in [0.3, 0.4) is 0 Å². The second kappa shape index (κ2) is 2.16. The maximum Gasteiger partial charge on any atom is 0.198 e. The Morgan fingerprint density at radius 1 is 0.857 bits per heavy atom. The summed E-state index contributed by atoms with van der Waals surface area (Å²) in [6.07, 6.45) is 0. The first kappa shape index (κ1) is 7.19. The molecule has 0 unspecified atom stereocenters. The van der Waals surface area contributed by atoms with E-state index >= 15 is 0 Å². The summed E-state index contributed by atoms with van der Waals surface area (Å²) < 4.78 is 0. The molecule has 0 fully saturated rings. The van der Waals surface area contributed by atoms with Crippen molar-refractivity contribution in [3.63, 3.8) is 0 Å². The number of fused-ring (bicyclic) bond motifs is 2. The number of H-pyrrole nitrogens is 2. The van der Waals surface area contributed by atoms with Gasteiger partial charge in [-0.25, -0.2) is 9.97 Å². The Bertz CT molecular complexity index is 516. The maximum atomic E-state index is 5.53. The number of anilines is 2. The van der Waals surface area contributed by atoms with Crippen LogP contribution in [0.1, 0.15) is 0 Å². The van der Waals surface area contributed by atoms with Crippen LogP contribution < -0.4 is 11.5 Å². The molecule has 1 aromatic carbocycles. The number of aromatic nitrogens is 4. The first-order valence-electron chi connectivity index (χ1n) is 4.13. The molecule has 0 spiro atoms. The normalized spacial score (nSPS) is 11.4. The largest absolute Gasteiger partial charge is 0.369 e. The lowest BCUT2D eigenvalue weighted by molar-refractivity contribution is 1.34. The van der Waals surface area contributed by atoms with Crippen LogP contribution in [0.15, 0.2) is 12.1 Å². The molecule has 14 heavy (non-hydrogen) atoms. The number of hydrogen-bond donors (Lipinski definition) is 4. The number of aromatic amines is 2. The van der Waals surface area contributed by atoms with Crippen LogP contribution >= 0.6 is 0 Å². The van der Waals surface area contributed by atoms with Crippen molar-refractivity contribution in [1.29, 1.82) is 0 Å². The van der Waals surface area contributed by atoms with Crippen LogP contribution in [-0.4, -0.2) is 19.9 Å². The molecule has 0 atom stereocenters. The van der Waals surface area contributed by atoms with Crippen LogP contribution in [0, 0.1) is 0 Å². The zero-order chi connectivity index (χ0) is 9.71. The highest BCUT2D eigenvalue weighted by Crippen LogP contribution is 2.20. The van der Waals surface area contributed by atoms with Gasteiger partial charge in [-0.2, -0.15) is 0 Å².